The molecule has 1 saturated carbocycles. The van der Waals surface area contributed by atoms with Crippen LogP contribution in [-0.2, 0) is 6.18 Å². The number of aliphatic hydroxyl groups is 1. The molecule has 1 saturated heterocycles. The SMILES string of the molecule is C[C@H]1CCCN1C(=O)c1nc(C(=O)NC2CC(C)(O)C2)sc1-c1cnc(NC(C)(C)C)cc1C(F)(F)F. The number of hydrogen-bond donors (Lipinski definition) is 3. The fourth-order valence-corrected chi connectivity index (χ4v) is 5.77. The third-order valence-electron chi connectivity index (χ3n) is 6.50. The molecule has 0 bridgehead atoms. The third-order valence-corrected chi connectivity index (χ3v) is 7.59. The van der Waals surface area contributed by atoms with Crippen LogP contribution in [0, 0.1) is 0 Å². The van der Waals surface area contributed by atoms with Crippen molar-refractivity contribution in [2.24, 2.45) is 0 Å². The first-order valence-corrected chi connectivity index (χ1v) is 13.1. The molecule has 8 nitrogen and oxygen atoms in total. The zero-order valence-electron chi connectivity index (χ0n) is 21.5. The second-order valence-electron chi connectivity index (χ2n) is 11.3. The zero-order chi connectivity index (χ0) is 27.3. The first-order chi connectivity index (χ1) is 17.0. The maximum Gasteiger partial charge on any atom is 0.417 e. The zero-order valence-corrected chi connectivity index (χ0v) is 22.3. The molecule has 2 aliphatic rings. The van der Waals surface area contributed by atoms with E-state index in [1.807, 2.05) is 6.92 Å². The second-order valence-corrected chi connectivity index (χ2v) is 12.2. The Morgan fingerprint density at radius 1 is 1.24 bits per heavy atom. The van der Waals surface area contributed by atoms with Crippen molar-refractivity contribution in [1.29, 1.82) is 0 Å². The van der Waals surface area contributed by atoms with Crippen LogP contribution in [0.3, 0.4) is 0 Å². The van der Waals surface area contributed by atoms with Crippen LogP contribution in [-0.4, -0.2) is 61.6 Å². The fourth-order valence-electron chi connectivity index (χ4n) is 4.79. The van der Waals surface area contributed by atoms with Crippen molar-refractivity contribution in [1.82, 2.24) is 20.2 Å². The molecular weight excluding hydrogens is 507 g/mol. The lowest BCUT2D eigenvalue weighted by atomic mass is 9.77. The molecule has 12 heteroatoms. The number of nitrogens with one attached hydrogen (secondary N) is 2. The van der Waals surface area contributed by atoms with E-state index >= 15 is 0 Å². The van der Waals surface area contributed by atoms with E-state index in [2.05, 4.69) is 20.6 Å². The monoisotopic (exact) mass is 539 g/mol. The van der Waals surface area contributed by atoms with Crippen LogP contribution in [0.15, 0.2) is 12.3 Å². The van der Waals surface area contributed by atoms with Gasteiger partial charge in [-0.05, 0) is 66.4 Å². The van der Waals surface area contributed by atoms with Crippen molar-refractivity contribution in [2.75, 3.05) is 11.9 Å². The molecule has 0 unspecified atom stereocenters. The fraction of sp³-hybridized carbons (Fsp3) is 0.600. The Balaban J connectivity index is 1.77. The number of anilines is 1. The minimum atomic E-state index is -4.74. The Hall–Kier alpha value is -2.73. The molecule has 37 heavy (non-hydrogen) atoms. The number of nitrogens with zero attached hydrogens (tertiary/aromatic N) is 3. The summed E-state index contributed by atoms with van der Waals surface area (Å²) in [5.41, 5.74) is -2.84. The van der Waals surface area contributed by atoms with Gasteiger partial charge in [0.05, 0.1) is 16.0 Å². The highest BCUT2D eigenvalue weighted by molar-refractivity contribution is 7.17. The third kappa shape index (κ3) is 6.06. The van der Waals surface area contributed by atoms with Gasteiger partial charge in [0, 0.05) is 35.9 Å². The van der Waals surface area contributed by atoms with E-state index in [1.54, 1.807) is 32.6 Å². The van der Waals surface area contributed by atoms with E-state index in [0.717, 1.165) is 36.4 Å². The number of thiazole rings is 1. The Morgan fingerprint density at radius 2 is 1.92 bits per heavy atom. The molecule has 1 aliphatic heterocycles. The Labute approximate surface area is 217 Å². The highest BCUT2D eigenvalue weighted by atomic mass is 32.1. The molecule has 2 aromatic heterocycles. The largest absolute Gasteiger partial charge is 0.417 e. The van der Waals surface area contributed by atoms with Crippen molar-refractivity contribution >= 4 is 29.0 Å². The van der Waals surface area contributed by atoms with Crippen LogP contribution in [0.5, 0.6) is 0 Å². The lowest BCUT2D eigenvalue weighted by molar-refractivity contribution is -0.137. The first kappa shape index (κ1) is 27.3. The van der Waals surface area contributed by atoms with E-state index in [4.69, 9.17) is 0 Å². The molecule has 0 radical (unpaired) electrons. The number of alkyl halides is 3. The lowest BCUT2D eigenvalue weighted by Crippen LogP contribution is -2.53. The molecule has 2 fully saturated rings. The van der Waals surface area contributed by atoms with Crippen LogP contribution in [0.25, 0.3) is 10.4 Å². The number of aromatic nitrogens is 2. The number of amides is 2. The Bertz CT molecular complexity index is 1200. The summed E-state index contributed by atoms with van der Waals surface area (Å²) < 4.78 is 42.7. The van der Waals surface area contributed by atoms with Crippen LogP contribution in [0.1, 0.15) is 86.2 Å². The number of carbonyl (C=O) groups excluding carboxylic acids is 2. The van der Waals surface area contributed by atoms with Crippen LogP contribution >= 0.6 is 11.3 Å². The minimum absolute atomic E-state index is 0.0445. The number of rotatable bonds is 5. The van der Waals surface area contributed by atoms with Gasteiger partial charge in [0.15, 0.2) is 5.01 Å². The van der Waals surface area contributed by atoms with Gasteiger partial charge in [-0.1, -0.05) is 0 Å². The highest BCUT2D eigenvalue weighted by Crippen LogP contribution is 2.42. The van der Waals surface area contributed by atoms with Gasteiger partial charge >= 0.3 is 6.18 Å². The summed E-state index contributed by atoms with van der Waals surface area (Å²) in [5.74, 6) is -1.05. The van der Waals surface area contributed by atoms with Gasteiger partial charge in [-0.25, -0.2) is 9.97 Å². The van der Waals surface area contributed by atoms with Gasteiger partial charge in [-0.15, -0.1) is 11.3 Å². The summed E-state index contributed by atoms with van der Waals surface area (Å²) in [6.07, 6.45) is -1.37. The van der Waals surface area contributed by atoms with Crippen molar-refractivity contribution in [3.05, 3.63) is 28.5 Å². The van der Waals surface area contributed by atoms with E-state index in [9.17, 15) is 27.9 Å². The van der Waals surface area contributed by atoms with Crippen molar-refractivity contribution in [3.8, 4) is 10.4 Å². The summed E-state index contributed by atoms with van der Waals surface area (Å²) in [6.45, 7) is 9.42. The molecule has 3 N–H and O–H groups in total. The lowest BCUT2D eigenvalue weighted by Gasteiger charge is -2.40. The smallest absolute Gasteiger partial charge is 0.390 e. The molecule has 0 spiro atoms. The van der Waals surface area contributed by atoms with E-state index in [0.29, 0.717) is 19.4 Å². The summed E-state index contributed by atoms with van der Waals surface area (Å²) in [7, 11) is 0. The summed E-state index contributed by atoms with van der Waals surface area (Å²) >= 11 is 0.741. The molecule has 202 valence electrons. The number of pyridine rings is 1. The molecule has 2 aromatic rings. The van der Waals surface area contributed by atoms with E-state index in [1.165, 1.54) is 0 Å². The molecule has 0 aromatic carbocycles. The van der Waals surface area contributed by atoms with Crippen LogP contribution in [0.2, 0.25) is 0 Å². The van der Waals surface area contributed by atoms with E-state index < -0.39 is 34.7 Å². The molecule has 1 atom stereocenters. The molecule has 4 rings (SSSR count). The Kier molecular flexibility index (Phi) is 7.04. The van der Waals surface area contributed by atoms with Crippen molar-refractivity contribution in [2.45, 2.75) is 89.7 Å². The molecule has 3 heterocycles. The van der Waals surface area contributed by atoms with Gasteiger partial charge in [0.25, 0.3) is 11.8 Å². The molecule has 1 aliphatic carbocycles. The quantitative estimate of drug-likeness (QED) is 0.509. The maximum atomic E-state index is 14.2. The van der Waals surface area contributed by atoms with Crippen LogP contribution in [0.4, 0.5) is 19.0 Å². The van der Waals surface area contributed by atoms with E-state index in [-0.39, 0.29) is 39.0 Å². The van der Waals surface area contributed by atoms with Crippen molar-refractivity contribution in [3.63, 3.8) is 0 Å². The topological polar surface area (TPSA) is 107 Å². The van der Waals surface area contributed by atoms with Gasteiger partial charge in [-0.2, -0.15) is 13.2 Å². The van der Waals surface area contributed by atoms with Gasteiger partial charge in [-0.3, -0.25) is 9.59 Å². The van der Waals surface area contributed by atoms with Crippen LogP contribution < -0.4 is 10.6 Å². The maximum absolute atomic E-state index is 14.2. The average Bonchev–Trinajstić information content (AvgIpc) is 3.37. The Morgan fingerprint density at radius 3 is 2.46 bits per heavy atom. The van der Waals surface area contributed by atoms with Crippen molar-refractivity contribution < 1.29 is 27.9 Å². The second kappa shape index (κ2) is 9.54. The average molecular weight is 540 g/mol. The number of carbonyl (C=O) groups is 2. The van der Waals surface area contributed by atoms with Gasteiger partial charge < -0.3 is 20.6 Å². The first-order valence-electron chi connectivity index (χ1n) is 12.2. The number of likely N-dealkylation sites (tertiary alicyclic amines) is 1. The summed E-state index contributed by atoms with van der Waals surface area (Å²) in [4.78, 5) is 36.4. The predicted octanol–water partition coefficient (Wildman–Crippen LogP) is 4.70. The van der Waals surface area contributed by atoms with Gasteiger partial charge in [0.1, 0.15) is 11.5 Å². The summed E-state index contributed by atoms with van der Waals surface area (Å²) in [6, 6.07) is 0.557. The number of hydrogen-bond acceptors (Lipinski definition) is 7. The molecule has 2 amide bonds. The minimum Gasteiger partial charge on any atom is -0.390 e. The van der Waals surface area contributed by atoms with Gasteiger partial charge in [0.2, 0.25) is 0 Å². The predicted molar refractivity (Wildman–Crippen MR) is 135 cm³/mol. The summed E-state index contributed by atoms with van der Waals surface area (Å²) in [5, 5.41) is 15.5. The standard InChI is InChI=1S/C25H32F3N5O3S/c1-13-7-6-8-33(13)22(35)18-19(37-21(31-18)20(34)30-14-10-24(5,36)11-14)15-12-29-17(32-23(2,3)4)9-16(15)25(26,27)28/h9,12-14,36H,6-8,10-11H2,1-5H3,(H,29,32)(H,30,34)/t13-,14?,24?/m0/s1. The number of halogens is 3. The normalized spacial score (nSPS) is 24.1. The molecular formula is C25H32F3N5O3S. The highest BCUT2D eigenvalue weighted by Gasteiger charge is 2.41.